The zero-order valence-electron chi connectivity index (χ0n) is 64.0. The number of alkyl halides is 1. The fraction of sp³-hybridized carbons (Fsp3) is 0.361. The molecule has 0 bridgehead atoms. The summed E-state index contributed by atoms with van der Waals surface area (Å²) in [5, 5.41) is 48.8. The minimum absolute atomic E-state index is 0. The van der Waals surface area contributed by atoms with Gasteiger partial charge in [0.15, 0.2) is 33.2 Å². The number of aromatic amines is 2. The number of halogens is 3. The van der Waals surface area contributed by atoms with Gasteiger partial charge in [-0.05, 0) is 130 Å². The van der Waals surface area contributed by atoms with E-state index in [9.17, 15) is 44.5 Å². The summed E-state index contributed by atoms with van der Waals surface area (Å²) in [7, 11) is 4.85. The number of hydrogen-bond donors (Lipinski definition) is 9. The molecule has 1 saturated heterocycles. The van der Waals surface area contributed by atoms with Gasteiger partial charge >= 0.3 is 34.9 Å². The number of nitrogens with one attached hydrogen (secondary N) is 5. The number of terminal acetylenes is 1. The Labute approximate surface area is 712 Å². The number of amides is 2. The molecular formula is C72H93Cl3N20O16S2V2. The zero-order chi connectivity index (χ0) is 82.8. The Morgan fingerprint density at radius 3 is 1.65 bits per heavy atom. The Balaban J connectivity index is 0.000000723. The molecule has 1 fully saturated rings. The number of unbranched alkanes of at least 4 members (excludes halogenated alkanes) is 2. The maximum Gasteiger partial charge on any atom is 0.415 e. The Morgan fingerprint density at radius 1 is 0.687 bits per heavy atom. The topological polar surface area (TPSA) is 486 Å². The predicted molar refractivity (Wildman–Crippen MR) is 441 cm³/mol. The van der Waals surface area contributed by atoms with Crippen molar-refractivity contribution >= 4 is 139 Å². The van der Waals surface area contributed by atoms with E-state index < -0.39 is 33.4 Å². The number of nitrogens with zero attached hydrogens (tertiary/aromatic N) is 13. The number of carbonyl (C=O) groups is 2. The molecule has 10 aromatic rings. The van der Waals surface area contributed by atoms with Crippen molar-refractivity contribution in [2.24, 2.45) is 0 Å². The number of benzene rings is 4. The number of aromatic hydroxyl groups is 1. The molecule has 36 nitrogen and oxygen atoms in total. The fourth-order valence-corrected chi connectivity index (χ4v) is 11.1. The number of nitro groups is 2. The number of nitrogens with two attached hydrogens (primary N) is 2. The predicted octanol–water partition coefficient (Wildman–Crippen LogP) is 12.8. The number of H-pyrrole nitrogens is 2. The first-order valence-electron chi connectivity index (χ1n) is 34.5. The van der Waals surface area contributed by atoms with Crippen molar-refractivity contribution in [2.75, 3.05) is 119 Å². The first kappa shape index (κ1) is 99.1. The van der Waals surface area contributed by atoms with Crippen LogP contribution in [0.3, 0.4) is 0 Å². The van der Waals surface area contributed by atoms with E-state index in [0.29, 0.717) is 77.5 Å². The van der Waals surface area contributed by atoms with Crippen LogP contribution in [0.2, 0.25) is 10.3 Å². The van der Waals surface area contributed by atoms with Crippen LogP contribution in [-0.4, -0.2) is 178 Å². The molecule has 0 spiro atoms. The van der Waals surface area contributed by atoms with E-state index >= 15 is 0 Å². The van der Waals surface area contributed by atoms with Gasteiger partial charge < -0.3 is 70.7 Å². The second-order valence-corrected chi connectivity index (χ2v) is 25.4. The summed E-state index contributed by atoms with van der Waals surface area (Å²) in [4.78, 5) is 108. The summed E-state index contributed by atoms with van der Waals surface area (Å²) < 4.78 is 32.8. The Bertz CT molecular complexity index is 4870. The summed E-state index contributed by atoms with van der Waals surface area (Å²) in [5.74, 6) is 5.02. The Hall–Kier alpha value is -10.1. The fourth-order valence-electron chi connectivity index (χ4n) is 9.66. The monoisotopic (exact) mass is 1760 g/mol. The number of methoxy groups -OCH3 is 3. The average Bonchev–Trinajstić information content (AvgIpc) is 1.62. The number of fused-ring (bicyclic) bond motifs is 2. The van der Waals surface area contributed by atoms with Crippen molar-refractivity contribution < 1.29 is 98.0 Å². The van der Waals surface area contributed by atoms with Crippen LogP contribution in [0, 0.1) is 32.6 Å². The van der Waals surface area contributed by atoms with Crippen LogP contribution in [0.4, 0.5) is 56.1 Å². The number of aliphatic hydroxyl groups excluding tert-OH is 1. The molecule has 0 atom stereocenters. The van der Waals surface area contributed by atoms with Gasteiger partial charge in [0.05, 0.1) is 56.9 Å². The maximum absolute atomic E-state index is 12.5. The first-order valence-corrected chi connectivity index (χ1v) is 38.3. The summed E-state index contributed by atoms with van der Waals surface area (Å²) in [5.41, 5.74) is 15.4. The van der Waals surface area contributed by atoms with Crippen LogP contribution in [0.5, 0.6) is 17.2 Å². The van der Waals surface area contributed by atoms with Gasteiger partial charge in [0.25, 0.3) is 0 Å². The Kier molecular flexibility index (Phi) is 46.4. The molecule has 11 N–H and O–H groups in total. The van der Waals surface area contributed by atoms with Crippen molar-refractivity contribution in [3.05, 3.63) is 177 Å². The van der Waals surface area contributed by atoms with Crippen LogP contribution in [0.25, 0.3) is 22.3 Å². The van der Waals surface area contributed by atoms with E-state index in [1.54, 1.807) is 94.5 Å². The molecule has 115 heavy (non-hydrogen) atoms. The largest absolute Gasteiger partial charge is 0.508 e. The standard InChI is InChI=1S/C17H22N6O2.C16H17ClN4O5S.C16H20N6O3.C8H9ClN4O4S.C8H9ClO.C4H8O.C3H4.2V.2H2/c1-25-10-6-5-9-19-16-21-14(18)13-15(22-16)23(17(24)20-13)11-12-7-3-2-4-8-12;1-4-26-16(22)20(9-10-6-5-7-11(8-10)25-2)14-12(21(23)24)13(17)18-15(19-14)27-3;17-13-12-14(21-15(20-13)18-6-1-2-7-23)22(16(25)19-12)9-10-4-3-5-11(24)8-10;1-3-17-8(14)12-6-4(13(15)16)5(9)10-7(11-6)18-2;1-10-8-4-2-3-7(5-8)6-9;1-2-4-5-3-1;1-3-2;;;;/h2-4,7-8H,5-6,9-11H2,1H3,(H,20,24)(H3,18,19,21,22);5-8H,4,9H2,1-3H3;3-5,8,23-24H,1-2,6-7,9H2,(H,19,25)(H3,17,18,20,21);3H2,1-2H3,(H,10,11,12,14);2-5H,6H2,1H3;1-4H2;1H,2H3;;;2*1H. The molecular weight excluding hydrogens is 1670 g/mol. The molecule has 11 rings (SSSR count). The number of aromatic nitrogens is 12. The summed E-state index contributed by atoms with van der Waals surface area (Å²) >= 11 is 19.5. The van der Waals surface area contributed by atoms with E-state index in [4.69, 9.17) is 75.1 Å². The average molecular weight is 1770 g/mol. The van der Waals surface area contributed by atoms with E-state index in [0.717, 1.165) is 89.9 Å². The number of hydrogen-bond acceptors (Lipinski definition) is 30. The van der Waals surface area contributed by atoms with Crippen LogP contribution in [-0.2, 0) is 81.6 Å². The van der Waals surface area contributed by atoms with Crippen LogP contribution >= 0.6 is 58.3 Å². The first-order chi connectivity index (χ1) is 54.4. The third kappa shape index (κ3) is 32.6. The van der Waals surface area contributed by atoms with Gasteiger partial charge in [-0.15, -0.1) is 23.9 Å². The quantitative estimate of drug-likeness (QED) is 0.00321. The molecule has 43 heteroatoms. The Morgan fingerprint density at radius 2 is 1.17 bits per heavy atom. The van der Waals surface area contributed by atoms with Gasteiger partial charge in [0, 0.05) is 92.5 Å². The van der Waals surface area contributed by atoms with Crippen molar-refractivity contribution in [2.45, 2.75) is 95.1 Å². The zero-order valence-corrected chi connectivity index (χ0v) is 70.7. The number of rotatable bonds is 28. The van der Waals surface area contributed by atoms with E-state index in [2.05, 4.69) is 82.9 Å². The van der Waals surface area contributed by atoms with Gasteiger partial charge in [0.1, 0.15) is 28.3 Å². The third-order valence-electron chi connectivity index (χ3n) is 14.8. The molecule has 0 saturated carbocycles. The molecule has 4 aromatic carbocycles. The molecule has 0 unspecified atom stereocenters. The summed E-state index contributed by atoms with van der Waals surface area (Å²) in [6.45, 7) is 9.90. The van der Waals surface area contributed by atoms with E-state index in [1.807, 2.05) is 60.7 Å². The third-order valence-corrected chi connectivity index (χ3v) is 16.8. The van der Waals surface area contributed by atoms with Gasteiger partial charge in [0.2, 0.25) is 33.8 Å². The summed E-state index contributed by atoms with van der Waals surface area (Å²) in [6.07, 6.45) is 12.2. The van der Waals surface area contributed by atoms with Crippen molar-refractivity contribution in [3.8, 4) is 29.6 Å². The smallest absolute Gasteiger partial charge is 0.415 e. The van der Waals surface area contributed by atoms with Gasteiger partial charge in [-0.1, -0.05) is 113 Å². The van der Waals surface area contributed by atoms with E-state index in [1.165, 1.54) is 24.5 Å². The van der Waals surface area contributed by atoms with Crippen molar-refractivity contribution in [1.29, 1.82) is 0 Å². The molecule has 620 valence electrons. The number of thioether (sulfide) groups is 2. The number of ether oxygens (including phenoxy) is 6. The maximum atomic E-state index is 12.5. The van der Waals surface area contributed by atoms with Crippen molar-refractivity contribution in [3.63, 3.8) is 0 Å². The number of anilines is 6. The number of aliphatic hydroxyl groups is 1. The van der Waals surface area contributed by atoms with Gasteiger partial charge in [-0.3, -0.25) is 39.6 Å². The number of carbonyl (C=O) groups excluding carboxylic acids is 2. The minimum Gasteiger partial charge on any atom is -0.508 e. The second kappa shape index (κ2) is 53.8. The van der Waals surface area contributed by atoms with Gasteiger partial charge in [-0.2, -0.15) is 29.9 Å². The number of imidazole rings is 2. The van der Waals surface area contributed by atoms with E-state index in [-0.39, 0.29) is 134 Å². The molecule has 1 aliphatic rings. The van der Waals surface area contributed by atoms with Crippen LogP contribution in [0.15, 0.2) is 123 Å². The molecule has 2 amide bonds. The normalized spacial score (nSPS) is 10.7. The van der Waals surface area contributed by atoms with Crippen LogP contribution < -0.4 is 53.2 Å². The number of nitrogen functional groups attached to an aromatic ring is 2. The van der Waals surface area contributed by atoms with Crippen LogP contribution in [0.1, 0.15) is 84.4 Å². The molecule has 7 heterocycles. The minimum atomic E-state index is -0.845. The van der Waals surface area contributed by atoms with Gasteiger partial charge in [-0.25, -0.2) is 29.1 Å². The second-order valence-electron chi connectivity index (χ2n) is 22.9. The number of phenolic OH excluding ortho intramolecular Hbond substituents is 1. The molecule has 0 aliphatic carbocycles. The van der Waals surface area contributed by atoms with Crippen molar-refractivity contribution in [1.82, 2.24) is 59.0 Å². The molecule has 2 radical (unpaired) electrons. The SMILES string of the molecule is C#CC.C1CCOC1.CCOC(=O)N(Cc1cccc(OC)c1)c1nc(SC)nc(Cl)c1[N+](=O)[O-].CCOC(=O)Nc1nc(SC)nc(Cl)c1[N+](=O)[O-].COCCCCNc1nc(N)c2[nH]c(=O)n(Cc3ccccc3)c2n1.COc1cccc(CCl)c1.Nc1nc(NCCCCO)nc2c1[nH]c(=O)n2Cc1cccc(O)c1.[HH].[HH].[V].[V]. The molecule has 1 aliphatic heterocycles. The molecule has 6 aromatic heterocycles. The summed E-state index contributed by atoms with van der Waals surface area (Å²) in [6, 6.07) is 31.1. The number of phenols is 1.